The van der Waals surface area contributed by atoms with Gasteiger partial charge in [0, 0.05) is 18.6 Å². The topological polar surface area (TPSA) is 53.6 Å². The zero-order valence-corrected chi connectivity index (χ0v) is 14.5. The summed E-state index contributed by atoms with van der Waals surface area (Å²) >= 11 is 0. The van der Waals surface area contributed by atoms with Crippen molar-refractivity contribution in [1.29, 1.82) is 0 Å². The van der Waals surface area contributed by atoms with E-state index in [0.717, 1.165) is 6.54 Å². The van der Waals surface area contributed by atoms with Crippen LogP contribution in [0.3, 0.4) is 0 Å². The van der Waals surface area contributed by atoms with Crippen molar-refractivity contribution >= 4 is 11.7 Å². The van der Waals surface area contributed by atoms with Gasteiger partial charge in [0.05, 0.1) is 12.3 Å². The van der Waals surface area contributed by atoms with E-state index in [9.17, 15) is 4.79 Å². The van der Waals surface area contributed by atoms with E-state index < -0.39 is 0 Å². The maximum Gasteiger partial charge on any atom is 0.319 e. The van der Waals surface area contributed by atoms with E-state index in [1.54, 1.807) is 0 Å². The summed E-state index contributed by atoms with van der Waals surface area (Å²) in [5.74, 6) is 0.697. The summed E-state index contributed by atoms with van der Waals surface area (Å²) in [6.45, 7) is 8.72. The third-order valence-corrected chi connectivity index (χ3v) is 4.41. The van der Waals surface area contributed by atoms with Gasteiger partial charge in [-0.05, 0) is 52.3 Å². The van der Waals surface area contributed by atoms with Gasteiger partial charge in [0.25, 0.3) is 0 Å². The molecule has 1 aromatic rings. The minimum Gasteiger partial charge on any atom is -0.492 e. The van der Waals surface area contributed by atoms with E-state index in [1.807, 2.05) is 31.2 Å². The van der Waals surface area contributed by atoms with Gasteiger partial charge >= 0.3 is 6.03 Å². The molecule has 0 aliphatic carbocycles. The van der Waals surface area contributed by atoms with E-state index in [0.29, 0.717) is 36.7 Å². The van der Waals surface area contributed by atoms with Crippen LogP contribution < -0.4 is 15.4 Å². The Hall–Kier alpha value is -1.75. The number of ether oxygens (including phenoxy) is 1. The van der Waals surface area contributed by atoms with Gasteiger partial charge in [0.1, 0.15) is 5.75 Å². The maximum absolute atomic E-state index is 12.1. The van der Waals surface area contributed by atoms with Crippen LogP contribution >= 0.6 is 0 Å². The predicted molar refractivity (Wildman–Crippen MR) is 94.1 cm³/mol. The van der Waals surface area contributed by atoms with Crippen LogP contribution in [-0.4, -0.2) is 42.7 Å². The van der Waals surface area contributed by atoms with Crippen LogP contribution in [0.2, 0.25) is 0 Å². The van der Waals surface area contributed by atoms with Gasteiger partial charge < -0.3 is 15.4 Å². The molecule has 0 unspecified atom stereocenters. The first-order chi connectivity index (χ1) is 11.1. The minimum atomic E-state index is -0.186. The summed E-state index contributed by atoms with van der Waals surface area (Å²) < 4.78 is 5.52. The van der Waals surface area contributed by atoms with Crippen molar-refractivity contribution in [1.82, 2.24) is 10.2 Å². The quantitative estimate of drug-likeness (QED) is 0.844. The third kappa shape index (κ3) is 5.13. The van der Waals surface area contributed by atoms with Crippen molar-refractivity contribution in [2.24, 2.45) is 0 Å². The summed E-state index contributed by atoms with van der Waals surface area (Å²) in [6, 6.07) is 8.25. The molecule has 128 valence electrons. The number of carbonyl (C=O) groups excluding carboxylic acids is 1. The largest absolute Gasteiger partial charge is 0.492 e. The van der Waals surface area contributed by atoms with Crippen LogP contribution in [0, 0.1) is 0 Å². The number of anilines is 1. The average molecular weight is 319 g/mol. The van der Waals surface area contributed by atoms with Crippen LogP contribution in [0.25, 0.3) is 0 Å². The zero-order valence-electron chi connectivity index (χ0n) is 14.5. The van der Waals surface area contributed by atoms with Crippen LogP contribution in [0.1, 0.15) is 40.0 Å². The van der Waals surface area contributed by atoms with E-state index in [2.05, 4.69) is 29.4 Å². The Balaban J connectivity index is 1.83. The summed E-state index contributed by atoms with van der Waals surface area (Å²) in [7, 11) is 0. The van der Waals surface area contributed by atoms with Crippen LogP contribution in [0.5, 0.6) is 5.75 Å². The lowest BCUT2D eigenvalue weighted by Crippen LogP contribution is -2.49. The second kappa shape index (κ2) is 8.77. The van der Waals surface area contributed by atoms with Gasteiger partial charge in [-0.15, -0.1) is 0 Å². The molecule has 1 aliphatic heterocycles. The van der Waals surface area contributed by atoms with Gasteiger partial charge in [-0.25, -0.2) is 4.79 Å². The first kappa shape index (κ1) is 17.6. The molecule has 2 atom stereocenters. The Kier molecular flexibility index (Phi) is 6.71. The Labute approximate surface area is 139 Å². The Morgan fingerprint density at radius 2 is 2.17 bits per heavy atom. The monoisotopic (exact) mass is 319 g/mol. The SMILES string of the molecule is CCOc1ccccc1NC(=O)NC[C@H](C)N1CCCC[C@@H]1C. The van der Waals surface area contributed by atoms with Crippen molar-refractivity contribution in [3.05, 3.63) is 24.3 Å². The van der Waals surface area contributed by atoms with Gasteiger partial charge in [0.15, 0.2) is 0 Å². The summed E-state index contributed by atoms with van der Waals surface area (Å²) in [6.07, 6.45) is 3.81. The number of benzene rings is 1. The number of carbonyl (C=O) groups is 1. The molecule has 0 aromatic heterocycles. The molecule has 1 aliphatic rings. The molecule has 2 N–H and O–H groups in total. The lowest BCUT2D eigenvalue weighted by molar-refractivity contribution is 0.114. The number of nitrogens with zero attached hydrogens (tertiary/aromatic N) is 1. The molecule has 1 fully saturated rings. The summed E-state index contributed by atoms with van der Waals surface area (Å²) in [5, 5.41) is 5.84. The van der Waals surface area contributed by atoms with E-state index in [-0.39, 0.29) is 6.03 Å². The highest BCUT2D eigenvalue weighted by molar-refractivity contribution is 5.90. The van der Waals surface area contributed by atoms with Crippen molar-refractivity contribution in [3.8, 4) is 5.75 Å². The molecule has 5 heteroatoms. The highest BCUT2D eigenvalue weighted by atomic mass is 16.5. The molecular formula is C18H29N3O2. The van der Waals surface area contributed by atoms with Crippen molar-refractivity contribution in [3.63, 3.8) is 0 Å². The van der Waals surface area contributed by atoms with E-state index in [1.165, 1.54) is 19.3 Å². The Bertz CT molecular complexity index is 507. The number of piperidine rings is 1. The fourth-order valence-electron chi connectivity index (χ4n) is 3.15. The van der Waals surface area contributed by atoms with Crippen molar-refractivity contribution in [2.45, 2.75) is 52.1 Å². The van der Waals surface area contributed by atoms with Crippen LogP contribution in [0.4, 0.5) is 10.5 Å². The van der Waals surface area contributed by atoms with Crippen molar-refractivity contribution < 1.29 is 9.53 Å². The average Bonchev–Trinajstić information content (AvgIpc) is 2.55. The van der Waals surface area contributed by atoms with E-state index >= 15 is 0 Å². The highest BCUT2D eigenvalue weighted by Crippen LogP contribution is 2.23. The normalized spacial score (nSPS) is 19.9. The molecule has 0 radical (unpaired) electrons. The maximum atomic E-state index is 12.1. The number of likely N-dealkylation sites (tertiary alicyclic amines) is 1. The first-order valence-electron chi connectivity index (χ1n) is 8.64. The molecule has 1 saturated heterocycles. The molecule has 5 nitrogen and oxygen atoms in total. The first-order valence-corrected chi connectivity index (χ1v) is 8.64. The molecule has 0 saturated carbocycles. The molecule has 1 heterocycles. The number of hydrogen-bond acceptors (Lipinski definition) is 3. The fraction of sp³-hybridized carbons (Fsp3) is 0.611. The number of urea groups is 1. The van der Waals surface area contributed by atoms with E-state index in [4.69, 9.17) is 4.74 Å². The van der Waals surface area contributed by atoms with Crippen LogP contribution in [0.15, 0.2) is 24.3 Å². The lowest BCUT2D eigenvalue weighted by Gasteiger charge is -2.38. The lowest BCUT2D eigenvalue weighted by atomic mass is 10.0. The van der Waals surface area contributed by atoms with Gasteiger partial charge in [-0.3, -0.25) is 4.90 Å². The number of rotatable bonds is 6. The smallest absolute Gasteiger partial charge is 0.319 e. The second-order valence-electron chi connectivity index (χ2n) is 6.20. The fourth-order valence-corrected chi connectivity index (χ4v) is 3.15. The summed E-state index contributed by atoms with van der Waals surface area (Å²) in [5.41, 5.74) is 0.700. The summed E-state index contributed by atoms with van der Waals surface area (Å²) in [4.78, 5) is 14.6. The van der Waals surface area contributed by atoms with Gasteiger partial charge in [-0.1, -0.05) is 18.6 Å². The molecular weight excluding hydrogens is 290 g/mol. The van der Waals surface area contributed by atoms with Gasteiger partial charge in [-0.2, -0.15) is 0 Å². The molecule has 2 amide bonds. The number of hydrogen-bond donors (Lipinski definition) is 2. The molecule has 0 bridgehead atoms. The van der Waals surface area contributed by atoms with Crippen molar-refractivity contribution in [2.75, 3.05) is 25.0 Å². The van der Waals surface area contributed by atoms with Gasteiger partial charge in [0.2, 0.25) is 0 Å². The minimum absolute atomic E-state index is 0.186. The molecule has 1 aromatic carbocycles. The zero-order chi connectivity index (χ0) is 16.7. The molecule has 0 spiro atoms. The number of para-hydroxylation sites is 2. The molecule has 23 heavy (non-hydrogen) atoms. The standard InChI is InChI=1S/C18H29N3O2/c1-4-23-17-11-6-5-10-16(17)20-18(22)19-13-15(3)21-12-8-7-9-14(21)2/h5-6,10-11,14-15H,4,7-9,12-13H2,1-3H3,(H2,19,20,22)/t14-,15-/m0/s1. The second-order valence-corrected chi connectivity index (χ2v) is 6.20. The van der Waals surface area contributed by atoms with Crippen LogP contribution in [-0.2, 0) is 0 Å². The third-order valence-electron chi connectivity index (χ3n) is 4.41. The number of nitrogens with one attached hydrogen (secondary N) is 2. The Morgan fingerprint density at radius 1 is 1.39 bits per heavy atom. The Morgan fingerprint density at radius 3 is 2.91 bits per heavy atom. The predicted octanol–water partition coefficient (Wildman–Crippen LogP) is 3.47. The number of amides is 2. The highest BCUT2D eigenvalue weighted by Gasteiger charge is 2.23. The molecule has 2 rings (SSSR count).